The standard InChI is InChI=1S/C4H8.Al/c1-3-4-2;/h1H,3-4H2,2H3;. The molecule has 0 bridgehead atoms. The summed E-state index contributed by atoms with van der Waals surface area (Å²) in [5, 5.41) is 0. The van der Waals surface area contributed by atoms with Crippen LogP contribution in [-0.2, 0) is 0 Å². The molecular formula is C4H8Al. The molecule has 0 N–H and O–H groups in total. The van der Waals surface area contributed by atoms with Gasteiger partial charge in [0, 0.05) is 0 Å². The van der Waals surface area contributed by atoms with Gasteiger partial charge in [-0.15, -0.1) is 0 Å². The average Bonchev–Trinajstić information content (AvgIpc) is 1.41. The van der Waals surface area contributed by atoms with Gasteiger partial charge in [0.25, 0.3) is 0 Å². The predicted octanol–water partition coefficient (Wildman–Crippen LogP) is 0.757. The van der Waals surface area contributed by atoms with E-state index < -0.39 is 0 Å². The Morgan fingerprint density at radius 2 is 2.40 bits per heavy atom. The first-order chi connectivity index (χ1) is 2.41. The minimum absolute atomic E-state index is 1.23. The van der Waals surface area contributed by atoms with E-state index in [1.54, 1.807) is 0 Å². The van der Waals surface area contributed by atoms with Crippen molar-refractivity contribution in [1.82, 2.24) is 0 Å². The Bertz CT molecular complexity index is 24.8. The normalized spacial score (nSPS) is 7.20. The fraction of sp³-hybridized carbons (Fsp3) is 0.750. The van der Waals surface area contributed by atoms with Crippen molar-refractivity contribution < 1.29 is 0 Å². The Hall–Kier alpha value is 0.402. The second-order valence-electron chi connectivity index (χ2n) is 1.02. The van der Waals surface area contributed by atoms with Crippen molar-refractivity contribution in [2.45, 2.75) is 19.8 Å². The van der Waals surface area contributed by atoms with Gasteiger partial charge in [-0.3, -0.25) is 0 Å². The Kier molecular flexibility index (Phi) is 4.76. The molecule has 0 spiro atoms. The van der Waals surface area contributed by atoms with Crippen LogP contribution in [0.25, 0.3) is 0 Å². The molecule has 0 saturated heterocycles. The van der Waals surface area contributed by atoms with Gasteiger partial charge in [0.2, 0.25) is 0 Å². The molecular weight excluding hydrogens is 75.0 g/mol. The molecule has 0 aromatic heterocycles. The molecule has 0 rings (SSSR count). The predicted molar refractivity (Wildman–Crippen MR) is 26.7 cm³/mol. The Morgan fingerprint density at radius 3 is 2.40 bits per heavy atom. The van der Waals surface area contributed by atoms with Gasteiger partial charge in [-0.2, -0.15) is 0 Å². The van der Waals surface area contributed by atoms with Crippen LogP contribution in [0, 0.1) is 0 Å². The molecule has 5 heavy (non-hydrogen) atoms. The maximum atomic E-state index is 2.57. The van der Waals surface area contributed by atoms with Crippen molar-refractivity contribution in [3.05, 3.63) is 0 Å². The third-order valence-corrected chi connectivity index (χ3v) is 0.789. The van der Waals surface area contributed by atoms with Crippen LogP contribution < -0.4 is 0 Å². The van der Waals surface area contributed by atoms with Gasteiger partial charge in [-0.05, 0) is 0 Å². The van der Waals surface area contributed by atoms with Crippen LogP contribution in [-0.4, -0.2) is 20.7 Å². The van der Waals surface area contributed by atoms with E-state index in [9.17, 15) is 0 Å². The number of hydrogen-bond donors (Lipinski definition) is 0. The SMILES string of the molecule is CCC[CH]=[Al]. The van der Waals surface area contributed by atoms with Gasteiger partial charge < -0.3 is 0 Å². The monoisotopic (exact) mass is 83.0 g/mol. The van der Waals surface area contributed by atoms with E-state index in [1.165, 1.54) is 12.8 Å². The van der Waals surface area contributed by atoms with E-state index in [4.69, 9.17) is 0 Å². The zero-order valence-corrected chi connectivity index (χ0v) is 4.72. The zero-order valence-electron chi connectivity index (χ0n) is 3.57. The quantitative estimate of drug-likeness (QED) is 0.432. The first kappa shape index (κ1) is 5.40. The van der Waals surface area contributed by atoms with E-state index in [2.05, 4.69) is 27.7 Å². The third kappa shape index (κ3) is 4.40. The van der Waals surface area contributed by atoms with Crippen molar-refractivity contribution >= 4 is 20.7 Å². The Morgan fingerprint density at radius 1 is 1.80 bits per heavy atom. The molecule has 0 aromatic rings. The molecule has 1 heteroatoms. The molecule has 0 saturated carbocycles. The van der Waals surface area contributed by atoms with Crippen molar-refractivity contribution in [3.8, 4) is 0 Å². The summed E-state index contributed by atoms with van der Waals surface area (Å²) in [6.07, 6.45) is 2.49. The summed E-state index contributed by atoms with van der Waals surface area (Å²) in [5.41, 5.74) is 0. The van der Waals surface area contributed by atoms with Crippen LogP contribution in [0.4, 0.5) is 0 Å². The van der Waals surface area contributed by atoms with Gasteiger partial charge in [0.15, 0.2) is 0 Å². The Balaban J connectivity index is 2.40. The van der Waals surface area contributed by atoms with Crippen LogP contribution in [0.5, 0.6) is 0 Å². The molecule has 0 amide bonds. The summed E-state index contributed by atoms with van der Waals surface area (Å²) in [5.74, 6) is 0. The molecule has 0 aliphatic heterocycles. The second-order valence-corrected chi connectivity index (χ2v) is 1.50. The van der Waals surface area contributed by atoms with Crippen LogP contribution in [0.3, 0.4) is 0 Å². The third-order valence-electron chi connectivity index (χ3n) is 0.455. The average molecular weight is 83.1 g/mol. The summed E-state index contributed by atoms with van der Waals surface area (Å²) < 4.78 is 0. The summed E-state index contributed by atoms with van der Waals surface area (Å²) >= 11 is 2.57. The van der Waals surface area contributed by atoms with E-state index in [-0.39, 0.29) is 0 Å². The molecule has 0 aliphatic rings. The van der Waals surface area contributed by atoms with Gasteiger partial charge in [-0.25, -0.2) is 0 Å². The maximum absolute atomic E-state index is 2.57. The molecule has 0 nitrogen and oxygen atoms in total. The van der Waals surface area contributed by atoms with E-state index in [0.717, 1.165) is 0 Å². The molecule has 0 aromatic carbocycles. The number of hydrogen-bond acceptors (Lipinski definition) is 0. The minimum atomic E-state index is 1.23. The number of unbranched alkanes of at least 4 members (excludes halogenated alkanes) is 1. The molecule has 1 radical (unpaired) electrons. The van der Waals surface area contributed by atoms with Crippen molar-refractivity contribution in [2.75, 3.05) is 0 Å². The fourth-order valence-electron chi connectivity index (χ4n) is 0.167. The van der Waals surface area contributed by atoms with Crippen molar-refractivity contribution in [3.63, 3.8) is 0 Å². The van der Waals surface area contributed by atoms with Crippen molar-refractivity contribution in [1.29, 1.82) is 0 Å². The number of rotatable bonds is 2. The second kappa shape index (κ2) is 4.40. The molecule has 27 valence electrons. The van der Waals surface area contributed by atoms with Gasteiger partial charge in [0.05, 0.1) is 0 Å². The zero-order chi connectivity index (χ0) is 4.12. The first-order valence-electron chi connectivity index (χ1n) is 1.95. The van der Waals surface area contributed by atoms with Gasteiger partial charge in [-0.1, -0.05) is 0 Å². The fourth-order valence-corrected chi connectivity index (χ4v) is 0.500. The van der Waals surface area contributed by atoms with Crippen LogP contribution in [0.2, 0.25) is 0 Å². The summed E-state index contributed by atoms with van der Waals surface area (Å²) in [6.45, 7) is 2.17. The molecule has 0 heterocycles. The van der Waals surface area contributed by atoms with E-state index in [0.29, 0.717) is 0 Å². The summed E-state index contributed by atoms with van der Waals surface area (Å²) in [4.78, 5) is 2.10. The van der Waals surface area contributed by atoms with Crippen LogP contribution in [0.1, 0.15) is 19.8 Å². The van der Waals surface area contributed by atoms with Gasteiger partial charge in [0.1, 0.15) is 0 Å². The summed E-state index contributed by atoms with van der Waals surface area (Å²) in [6, 6.07) is 0. The van der Waals surface area contributed by atoms with Crippen molar-refractivity contribution in [2.24, 2.45) is 0 Å². The molecule has 0 unspecified atom stereocenters. The summed E-state index contributed by atoms with van der Waals surface area (Å²) in [7, 11) is 0. The first-order valence-corrected chi connectivity index (χ1v) is 2.62. The molecule has 0 aliphatic carbocycles. The van der Waals surface area contributed by atoms with Crippen LogP contribution in [0.15, 0.2) is 0 Å². The van der Waals surface area contributed by atoms with E-state index >= 15 is 0 Å². The van der Waals surface area contributed by atoms with E-state index in [1.807, 2.05) is 0 Å². The molecule has 0 atom stereocenters. The molecule has 0 fully saturated rings. The van der Waals surface area contributed by atoms with Crippen LogP contribution >= 0.6 is 0 Å². The topological polar surface area (TPSA) is 0 Å². The Labute approximate surface area is 41.2 Å². The van der Waals surface area contributed by atoms with Gasteiger partial charge >= 0.3 is 40.5 Å².